The minimum Gasteiger partial charge on any atom is -0.480 e. The van der Waals surface area contributed by atoms with E-state index >= 15 is 0 Å². The van der Waals surface area contributed by atoms with Gasteiger partial charge in [0.1, 0.15) is 21.4 Å². The molecule has 2 rings (SSSR count). The van der Waals surface area contributed by atoms with E-state index in [0.717, 1.165) is 0 Å². The lowest BCUT2D eigenvalue weighted by Gasteiger charge is -2.32. The van der Waals surface area contributed by atoms with Crippen LogP contribution in [0.1, 0.15) is 19.8 Å². The zero-order chi connectivity index (χ0) is 17.2. The third kappa shape index (κ3) is 4.67. The summed E-state index contributed by atoms with van der Waals surface area (Å²) in [4.78, 5) is 14.0. The lowest BCUT2D eigenvalue weighted by Crippen LogP contribution is -2.47. The van der Waals surface area contributed by atoms with Crippen LogP contribution in [0.2, 0.25) is 0 Å². The Kier molecular flexibility index (Phi) is 5.67. The quantitative estimate of drug-likeness (QED) is 0.768. The van der Waals surface area contributed by atoms with E-state index < -0.39 is 21.8 Å². The van der Waals surface area contributed by atoms with E-state index in [1.54, 1.807) is 18.9 Å². The van der Waals surface area contributed by atoms with Crippen LogP contribution >= 0.6 is 15.9 Å². The fourth-order valence-corrected chi connectivity index (χ4v) is 4.45. The first-order valence-corrected chi connectivity index (χ1v) is 9.90. The Bertz CT molecular complexity index is 681. The standard InChI is InChI=1S/C15H19BrFNO4S/c1-10(22-14-4-3-11(17)9-13(14)16)15(19)18(2)12-5-7-23(20,21)8-6-12/h3-4,9-10,12H,5-8H2,1-2H3/t10-/m0/s1. The van der Waals surface area contributed by atoms with Crippen LogP contribution in [0.15, 0.2) is 22.7 Å². The van der Waals surface area contributed by atoms with Gasteiger partial charge in [0.05, 0.1) is 16.0 Å². The summed E-state index contributed by atoms with van der Waals surface area (Å²) in [6.07, 6.45) is 0.134. The summed E-state index contributed by atoms with van der Waals surface area (Å²) in [5.41, 5.74) is 0. The second-order valence-electron chi connectivity index (χ2n) is 5.67. The van der Waals surface area contributed by atoms with Crippen LogP contribution in [0, 0.1) is 5.82 Å². The van der Waals surface area contributed by atoms with Gasteiger partial charge in [-0.15, -0.1) is 0 Å². The molecule has 1 amide bonds. The van der Waals surface area contributed by atoms with Gasteiger partial charge in [-0.2, -0.15) is 0 Å². The molecular weight excluding hydrogens is 389 g/mol. The molecular formula is C15H19BrFNO4S. The van der Waals surface area contributed by atoms with E-state index in [9.17, 15) is 17.6 Å². The fourth-order valence-electron chi connectivity index (χ4n) is 2.54. The summed E-state index contributed by atoms with van der Waals surface area (Å²) in [5.74, 6) is -0.0386. The van der Waals surface area contributed by atoms with Crippen molar-refractivity contribution in [3.63, 3.8) is 0 Å². The number of benzene rings is 1. The molecule has 1 aromatic carbocycles. The molecule has 0 aromatic heterocycles. The van der Waals surface area contributed by atoms with Crippen LogP contribution in [0.4, 0.5) is 4.39 Å². The number of likely N-dealkylation sites (N-methyl/N-ethyl adjacent to an activating group) is 1. The van der Waals surface area contributed by atoms with Crippen LogP contribution in [0.25, 0.3) is 0 Å². The SMILES string of the molecule is C[C@H](Oc1ccc(F)cc1Br)C(=O)N(C)C1CCS(=O)(=O)CC1. The Balaban J connectivity index is 1.99. The molecule has 1 aromatic rings. The zero-order valence-electron chi connectivity index (χ0n) is 13.0. The Morgan fingerprint density at radius 1 is 1.39 bits per heavy atom. The largest absolute Gasteiger partial charge is 0.480 e. The molecule has 1 heterocycles. The maximum absolute atomic E-state index is 13.1. The van der Waals surface area contributed by atoms with E-state index in [-0.39, 0.29) is 23.5 Å². The van der Waals surface area contributed by atoms with E-state index in [0.29, 0.717) is 23.1 Å². The number of hydrogen-bond donors (Lipinski definition) is 0. The van der Waals surface area contributed by atoms with Gasteiger partial charge in [-0.3, -0.25) is 4.79 Å². The molecule has 1 atom stereocenters. The molecule has 23 heavy (non-hydrogen) atoms. The molecule has 1 saturated heterocycles. The molecule has 8 heteroatoms. The summed E-state index contributed by atoms with van der Waals surface area (Å²) in [5, 5.41) is 0. The predicted molar refractivity (Wildman–Crippen MR) is 88.6 cm³/mol. The number of halogens is 2. The van der Waals surface area contributed by atoms with Crippen molar-refractivity contribution in [1.82, 2.24) is 4.90 Å². The topological polar surface area (TPSA) is 63.7 Å². The molecule has 5 nitrogen and oxygen atoms in total. The first kappa shape index (κ1) is 18.2. The van der Waals surface area contributed by atoms with E-state index in [1.165, 1.54) is 18.2 Å². The lowest BCUT2D eigenvalue weighted by atomic mass is 10.1. The van der Waals surface area contributed by atoms with Crippen molar-refractivity contribution in [1.29, 1.82) is 0 Å². The van der Waals surface area contributed by atoms with Crippen molar-refractivity contribution in [3.05, 3.63) is 28.5 Å². The molecule has 0 unspecified atom stereocenters. The Hall–Kier alpha value is -1.15. The van der Waals surface area contributed by atoms with Gasteiger partial charge in [-0.25, -0.2) is 12.8 Å². The van der Waals surface area contributed by atoms with Crippen molar-refractivity contribution in [3.8, 4) is 5.75 Å². The van der Waals surface area contributed by atoms with Crippen molar-refractivity contribution < 1.29 is 22.3 Å². The van der Waals surface area contributed by atoms with E-state index in [2.05, 4.69) is 15.9 Å². The zero-order valence-corrected chi connectivity index (χ0v) is 15.4. The summed E-state index contributed by atoms with van der Waals surface area (Å²) in [7, 11) is -1.31. The van der Waals surface area contributed by atoms with Crippen molar-refractivity contribution in [2.24, 2.45) is 0 Å². The highest BCUT2D eigenvalue weighted by atomic mass is 79.9. The maximum atomic E-state index is 13.1. The Morgan fingerprint density at radius 3 is 2.57 bits per heavy atom. The number of ether oxygens (including phenoxy) is 1. The molecule has 128 valence electrons. The molecule has 0 N–H and O–H groups in total. The van der Waals surface area contributed by atoms with Crippen molar-refractivity contribution in [2.45, 2.75) is 31.9 Å². The van der Waals surface area contributed by atoms with E-state index in [4.69, 9.17) is 4.74 Å². The monoisotopic (exact) mass is 407 g/mol. The normalized spacial score (nSPS) is 19.1. The van der Waals surface area contributed by atoms with Crippen molar-refractivity contribution >= 4 is 31.7 Å². The van der Waals surface area contributed by atoms with Crippen molar-refractivity contribution in [2.75, 3.05) is 18.6 Å². The summed E-state index contributed by atoms with van der Waals surface area (Å²) >= 11 is 3.19. The maximum Gasteiger partial charge on any atom is 0.263 e. The number of nitrogens with zero attached hydrogens (tertiary/aromatic N) is 1. The fraction of sp³-hybridized carbons (Fsp3) is 0.533. The molecule has 1 aliphatic rings. The highest BCUT2D eigenvalue weighted by Gasteiger charge is 2.31. The molecule has 0 radical (unpaired) electrons. The van der Waals surface area contributed by atoms with Gasteiger partial charge >= 0.3 is 0 Å². The van der Waals surface area contributed by atoms with Gasteiger partial charge < -0.3 is 9.64 Å². The average Bonchev–Trinajstić information content (AvgIpc) is 2.48. The van der Waals surface area contributed by atoms with Gasteiger partial charge in [0.25, 0.3) is 5.91 Å². The summed E-state index contributed by atoms with van der Waals surface area (Å²) < 4.78 is 42.0. The molecule has 1 aliphatic heterocycles. The summed E-state index contributed by atoms with van der Waals surface area (Å²) in [6.45, 7) is 1.62. The molecule has 0 aliphatic carbocycles. The molecule has 0 spiro atoms. The Morgan fingerprint density at radius 2 is 2.00 bits per heavy atom. The number of hydrogen-bond acceptors (Lipinski definition) is 4. The minimum atomic E-state index is -2.96. The number of carbonyl (C=O) groups is 1. The van der Waals surface area contributed by atoms with Gasteiger partial charge in [0.2, 0.25) is 0 Å². The molecule has 0 saturated carbocycles. The Labute approximate surface area is 143 Å². The summed E-state index contributed by atoms with van der Waals surface area (Å²) in [6, 6.07) is 3.87. The highest BCUT2D eigenvalue weighted by molar-refractivity contribution is 9.10. The van der Waals surface area contributed by atoms with Gasteiger partial charge in [-0.05, 0) is 53.9 Å². The van der Waals surface area contributed by atoms with Crippen LogP contribution in [-0.4, -0.2) is 49.9 Å². The van der Waals surface area contributed by atoms with E-state index in [1.807, 2.05) is 0 Å². The number of rotatable bonds is 4. The number of sulfone groups is 1. The van der Waals surface area contributed by atoms with Crippen LogP contribution in [0.3, 0.4) is 0 Å². The second kappa shape index (κ2) is 7.17. The van der Waals surface area contributed by atoms with Crippen LogP contribution in [-0.2, 0) is 14.6 Å². The smallest absolute Gasteiger partial charge is 0.263 e. The third-order valence-electron chi connectivity index (χ3n) is 3.96. The lowest BCUT2D eigenvalue weighted by molar-refractivity contribution is -0.138. The average molecular weight is 408 g/mol. The molecule has 1 fully saturated rings. The number of amides is 1. The van der Waals surface area contributed by atoms with Gasteiger partial charge in [0.15, 0.2) is 6.10 Å². The third-order valence-corrected chi connectivity index (χ3v) is 6.30. The van der Waals surface area contributed by atoms with Crippen LogP contribution < -0.4 is 4.74 Å². The van der Waals surface area contributed by atoms with Crippen LogP contribution in [0.5, 0.6) is 5.75 Å². The first-order valence-electron chi connectivity index (χ1n) is 7.28. The van der Waals surface area contributed by atoms with Gasteiger partial charge in [0, 0.05) is 13.1 Å². The second-order valence-corrected chi connectivity index (χ2v) is 8.82. The predicted octanol–water partition coefficient (Wildman–Crippen LogP) is 2.39. The number of carbonyl (C=O) groups excluding carboxylic acids is 1. The minimum absolute atomic E-state index is 0.103. The molecule has 0 bridgehead atoms. The van der Waals surface area contributed by atoms with Gasteiger partial charge in [-0.1, -0.05) is 0 Å². The first-order chi connectivity index (χ1) is 10.7. The highest BCUT2D eigenvalue weighted by Crippen LogP contribution is 2.27.